The van der Waals surface area contributed by atoms with Crippen molar-refractivity contribution in [3.63, 3.8) is 0 Å². The summed E-state index contributed by atoms with van der Waals surface area (Å²) in [5.41, 5.74) is 0. The van der Waals surface area contributed by atoms with Crippen LogP contribution in [0.5, 0.6) is 0 Å². The first kappa shape index (κ1) is 16.4. The van der Waals surface area contributed by atoms with E-state index in [1.807, 2.05) is 0 Å². The first-order chi connectivity index (χ1) is 9.75. The molecular weight excluding hydrogens is 282 g/mol. The number of aliphatic hydroxyl groups excluding tert-OH is 1. The molecule has 122 valence electrons. The molecule has 2 heterocycles. The van der Waals surface area contributed by atoms with E-state index < -0.39 is 42.6 Å². The summed E-state index contributed by atoms with van der Waals surface area (Å²) < 4.78 is 27.3. The number of nitrogens with zero attached hydrogens (tertiary/aromatic N) is 1. The van der Waals surface area contributed by atoms with Gasteiger partial charge in [-0.1, -0.05) is 0 Å². The molecule has 2 aliphatic rings. The quantitative estimate of drug-likeness (QED) is 0.778. The molecule has 0 aromatic heterocycles. The van der Waals surface area contributed by atoms with E-state index in [-0.39, 0.29) is 6.61 Å². The summed E-state index contributed by atoms with van der Waals surface area (Å²) in [4.78, 5) is 12.6. The van der Waals surface area contributed by atoms with E-state index in [1.54, 1.807) is 27.9 Å². The van der Waals surface area contributed by atoms with Gasteiger partial charge in [0.2, 0.25) is 0 Å². The molecule has 0 unspecified atom stereocenters. The number of carbonyl (C=O) groups excluding carboxylic acids is 1. The highest BCUT2D eigenvalue weighted by Gasteiger charge is 2.56. The second-order valence-corrected chi connectivity index (χ2v) is 5.81. The molecule has 0 spiro atoms. The Balaban J connectivity index is 1.93. The number of amides is 1. The van der Waals surface area contributed by atoms with Crippen LogP contribution in [0.15, 0.2) is 0 Å². The standard InChI is InChI=1S/C13H23NO7/c1-13(2)20-10-9(17-5)8(19-11(10)21-13)7(15)6-18-12(16)14(3)4/h7-11,15H,6H2,1-5H3/t7-,8-,9+,10-,11-/m1/s1. The minimum atomic E-state index is -1.03. The van der Waals surface area contributed by atoms with Crippen LogP contribution in [0.2, 0.25) is 0 Å². The molecule has 5 atom stereocenters. The van der Waals surface area contributed by atoms with Crippen LogP contribution in [-0.4, -0.2) is 80.4 Å². The average molecular weight is 305 g/mol. The van der Waals surface area contributed by atoms with Crippen LogP contribution in [0.4, 0.5) is 4.79 Å². The molecule has 21 heavy (non-hydrogen) atoms. The lowest BCUT2D eigenvalue weighted by atomic mass is 10.1. The van der Waals surface area contributed by atoms with Gasteiger partial charge in [0.05, 0.1) is 0 Å². The highest BCUT2D eigenvalue weighted by atomic mass is 16.8. The van der Waals surface area contributed by atoms with Gasteiger partial charge in [0.25, 0.3) is 0 Å². The summed E-state index contributed by atoms with van der Waals surface area (Å²) in [5.74, 6) is -0.751. The highest BCUT2D eigenvalue weighted by molar-refractivity contribution is 5.66. The summed E-state index contributed by atoms with van der Waals surface area (Å²) in [6, 6.07) is 0. The SMILES string of the molecule is CO[C@@H]1[C@H]2OC(C)(C)O[C@H]2O[C@@H]1[C@H](O)COC(=O)N(C)C. The number of hydrogen-bond donors (Lipinski definition) is 1. The minimum Gasteiger partial charge on any atom is -0.447 e. The summed E-state index contributed by atoms with van der Waals surface area (Å²) in [7, 11) is 4.64. The third-order valence-corrected chi connectivity index (χ3v) is 3.42. The molecule has 0 radical (unpaired) electrons. The van der Waals surface area contributed by atoms with E-state index in [0.717, 1.165) is 0 Å². The summed E-state index contributed by atoms with van der Waals surface area (Å²) in [6.07, 6.45) is -3.76. The van der Waals surface area contributed by atoms with Gasteiger partial charge in [-0.05, 0) is 13.8 Å². The van der Waals surface area contributed by atoms with E-state index in [1.165, 1.54) is 12.0 Å². The Hall–Kier alpha value is -0.930. The smallest absolute Gasteiger partial charge is 0.409 e. The van der Waals surface area contributed by atoms with E-state index >= 15 is 0 Å². The van der Waals surface area contributed by atoms with Crippen LogP contribution >= 0.6 is 0 Å². The first-order valence-electron chi connectivity index (χ1n) is 6.81. The fourth-order valence-electron chi connectivity index (χ4n) is 2.46. The molecule has 0 aromatic rings. The van der Waals surface area contributed by atoms with E-state index in [2.05, 4.69) is 0 Å². The van der Waals surface area contributed by atoms with Crippen LogP contribution in [-0.2, 0) is 23.7 Å². The van der Waals surface area contributed by atoms with Crippen LogP contribution in [0.25, 0.3) is 0 Å². The molecule has 1 amide bonds. The van der Waals surface area contributed by atoms with Gasteiger partial charge in [-0.25, -0.2) is 4.79 Å². The zero-order chi connectivity index (χ0) is 15.8. The summed E-state index contributed by atoms with van der Waals surface area (Å²) >= 11 is 0. The number of ether oxygens (including phenoxy) is 5. The molecule has 0 saturated carbocycles. The number of methoxy groups -OCH3 is 1. The molecular formula is C13H23NO7. The molecule has 1 N–H and O–H groups in total. The Labute approximate surface area is 123 Å². The number of carbonyl (C=O) groups is 1. The number of rotatable bonds is 4. The van der Waals surface area contributed by atoms with E-state index in [0.29, 0.717) is 0 Å². The van der Waals surface area contributed by atoms with Crippen molar-refractivity contribution in [1.29, 1.82) is 0 Å². The molecule has 2 rings (SSSR count). The van der Waals surface area contributed by atoms with Crippen LogP contribution < -0.4 is 0 Å². The van der Waals surface area contributed by atoms with Crippen LogP contribution in [0, 0.1) is 0 Å². The zero-order valence-electron chi connectivity index (χ0n) is 12.9. The number of fused-ring (bicyclic) bond motifs is 1. The third-order valence-electron chi connectivity index (χ3n) is 3.42. The minimum absolute atomic E-state index is 0.190. The Morgan fingerprint density at radius 3 is 2.62 bits per heavy atom. The lowest BCUT2D eigenvalue weighted by Crippen LogP contribution is -2.44. The number of aliphatic hydroxyl groups is 1. The van der Waals surface area contributed by atoms with Gasteiger partial charge in [0.15, 0.2) is 12.1 Å². The van der Waals surface area contributed by atoms with Gasteiger partial charge in [0, 0.05) is 21.2 Å². The Morgan fingerprint density at radius 1 is 1.38 bits per heavy atom. The monoisotopic (exact) mass is 305 g/mol. The molecule has 2 saturated heterocycles. The number of hydrogen-bond acceptors (Lipinski definition) is 7. The highest BCUT2D eigenvalue weighted by Crippen LogP contribution is 2.39. The maximum Gasteiger partial charge on any atom is 0.409 e. The summed E-state index contributed by atoms with van der Waals surface area (Å²) in [5, 5.41) is 10.2. The summed E-state index contributed by atoms with van der Waals surface area (Å²) in [6.45, 7) is 3.38. The maximum absolute atomic E-state index is 11.4. The predicted octanol–water partition coefficient (Wildman–Crippen LogP) is -0.0631. The molecule has 0 aromatic carbocycles. The average Bonchev–Trinajstić information content (AvgIpc) is 2.86. The Bertz CT molecular complexity index is 387. The van der Waals surface area contributed by atoms with Crippen molar-refractivity contribution < 1.29 is 33.6 Å². The first-order valence-corrected chi connectivity index (χ1v) is 6.81. The van der Waals surface area contributed by atoms with Crippen molar-refractivity contribution >= 4 is 6.09 Å². The molecule has 8 heteroatoms. The lowest BCUT2D eigenvalue weighted by Gasteiger charge is -2.27. The van der Waals surface area contributed by atoms with Gasteiger partial charge < -0.3 is 33.7 Å². The largest absolute Gasteiger partial charge is 0.447 e. The van der Waals surface area contributed by atoms with Crippen molar-refractivity contribution in [2.45, 2.75) is 50.3 Å². The van der Waals surface area contributed by atoms with Crippen molar-refractivity contribution in [3.8, 4) is 0 Å². The van der Waals surface area contributed by atoms with E-state index in [4.69, 9.17) is 23.7 Å². The predicted molar refractivity (Wildman–Crippen MR) is 70.5 cm³/mol. The van der Waals surface area contributed by atoms with Crippen LogP contribution in [0.3, 0.4) is 0 Å². The van der Waals surface area contributed by atoms with E-state index in [9.17, 15) is 9.90 Å². The molecule has 2 fully saturated rings. The van der Waals surface area contributed by atoms with Gasteiger partial charge in [-0.15, -0.1) is 0 Å². The van der Waals surface area contributed by atoms with Gasteiger partial charge in [-0.3, -0.25) is 0 Å². The van der Waals surface area contributed by atoms with Crippen LogP contribution in [0.1, 0.15) is 13.8 Å². The van der Waals surface area contributed by atoms with Gasteiger partial charge >= 0.3 is 6.09 Å². The molecule has 0 bridgehead atoms. The molecule has 0 aliphatic carbocycles. The van der Waals surface area contributed by atoms with Crippen molar-refractivity contribution in [2.24, 2.45) is 0 Å². The lowest BCUT2D eigenvalue weighted by molar-refractivity contribution is -0.229. The fourth-order valence-corrected chi connectivity index (χ4v) is 2.46. The van der Waals surface area contributed by atoms with Crippen molar-refractivity contribution in [2.75, 3.05) is 27.8 Å². The molecule has 8 nitrogen and oxygen atoms in total. The normalized spacial score (nSPS) is 35.3. The Kier molecular flexibility index (Phi) is 4.74. The third kappa shape index (κ3) is 3.46. The second kappa shape index (κ2) is 6.05. The topological polar surface area (TPSA) is 86.7 Å². The Morgan fingerprint density at radius 2 is 2.05 bits per heavy atom. The van der Waals surface area contributed by atoms with Gasteiger partial charge in [0.1, 0.15) is 31.0 Å². The fraction of sp³-hybridized carbons (Fsp3) is 0.923. The zero-order valence-corrected chi connectivity index (χ0v) is 12.9. The van der Waals surface area contributed by atoms with Gasteiger partial charge in [-0.2, -0.15) is 0 Å². The van der Waals surface area contributed by atoms with Crippen molar-refractivity contribution in [1.82, 2.24) is 4.90 Å². The second-order valence-electron chi connectivity index (χ2n) is 5.81. The molecule has 2 aliphatic heterocycles. The maximum atomic E-state index is 11.4. The van der Waals surface area contributed by atoms with Crippen molar-refractivity contribution in [3.05, 3.63) is 0 Å².